The molecule has 3 rings (SSSR count). The molecule has 114 valence electrons. The van der Waals surface area contributed by atoms with Crippen molar-refractivity contribution in [3.05, 3.63) is 52.8 Å². The lowest BCUT2D eigenvalue weighted by Gasteiger charge is -2.09. The van der Waals surface area contributed by atoms with Crippen molar-refractivity contribution >= 4 is 11.9 Å². The second kappa shape index (κ2) is 6.13. The van der Waals surface area contributed by atoms with E-state index in [-0.39, 0.29) is 5.91 Å². The Labute approximate surface area is 130 Å². The SMILES string of the molecule is Cc1cccc(CNc2nc(C)cc(C(=O)NC3CC3)n2)c1. The van der Waals surface area contributed by atoms with Gasteiger partial charge in [0.05, 0.1) is 0 Å². The molecule has 1 amide bonds. The fraction of sp³-hybridized carbons (Fsp3) is 0.353. The first-order chi connectivity index (χ1) is 10.6. The first-order valence-electron chi connectivity index (χ1n) is 7.56. The van der Waals surface area contributed by atoms with Crippen LogP contribution in [0.1, 0.15) is 40.2 Å². The van der Waals surface area contributed by atoms with Gasteiger partial charge in [-0.3, -0.25) is 4.79 Å². The molecule has 1 aromatic heterocycles. The molecule has 1 aliphatic rings. The lowest BCUT2D eigenvalue weighted by Crippen LogP contribution is -2.26. The van der Waals surface area contributed by atoms with Crippen molar-refractivity contribution < 1.29 is 4.79 Å². The number of hydrogen-bond donors (Lipinski definition) is 2. The predicted molar refractivity (Wildman–Crippen MR) is 85.8 cm³/mol. The Hall–Kier alpha value is -2.43. The van der Waals surface area contributed by atoms with E-state index in [2.05, 4.69) is 45.7 Å². The van der Waals surface area contributed by atoms with Gasteiger partial charge in [-0.25, -0.2) is 9.97 Å². The van der Waals surface area contributed by atoms with Gasteiger partial charge >= 0.3 is 0 Å². The van der Waals surface area contributed by atoms with Gasteiger partial charge in [0.2, 0.25) is 5.95 Å². The van der Waals surface area contributed by atoms with Gasteiger partial charge < -0.3 is 10.6 Å². The fourth-order valence-electron chi connectivity index (χ4n) is 2.25. The van der Waals surface area contributed by atoms with Crippen LogP contribution in [0.25, 0.3) is 0 Å². The van der Waals surface area contributed by atoms with Crippen LogP contribution in [0.3, 0.4) is 0 Å². The number of nitrogens with zero attached hydrogens (tertiary/aromatic N) is 2. The quantitative estimate of drug-likeness (QED) is 0.890. The average molecular weight is 296 g/mol. The molecule has 1 aliphatic carbocycles. The lowest BCUT2D eigenvalue weighted by atomic mass is 10.1. The highest BCUT2D eigenvalue weighted by atomic mass is 16.2. The molecule has 22 heavy (non-hydrogen) atoms. The van der Waals surface area contributed by atoms with Gasteiger partial charge in [0.1, 0.15) is 5.69 Å². The molecule has 0 spiro atoms. The first-order valence-corrected chi connectivity index (χ1v) is 7.56. The maximum absolute atomic E-state index is 12.1. The number of nitrogens with one attached hydrogen (secondary N) is 2. The summed E-state index contributed by atoms with van der Waals surface area (Å²) in [6.45, 7) is 4.56. The fourth-order valence-corrected chi connectivity index (χ4v) is 2.25. The highest BCUT2D eigenvalue weighted by molar-refractivity contribution is 5.93. The summed E-state index contributed by atoms with van der Waals surface area (Å²) >= 11 is 0. The van der Waals surface area contributed by atoms with Gasteiger partial charge in [0, 0.05) is 18.3 Å². The third kappa shape index (κ3) is 3.81. The van der Waals surface area contributed by atoms with Crippen LogP contribution >= 0.6 is 0 Å². The normalized spacial score (nSPS) is 13.7. The van der Waals surface area contributed by atoms with Gasteiger partial charge in [0.25, 0.3) is 5.91 Å². The summed E-state index contributed by atoms with van der Waals surface area (Å²) in [5.41, 5.74) is 3.58. The van der Waals surface area contributed by atoms with Crippen molar-refractivity contribution in [2.24, 2.45) is 0 Å². The Kier molecular flexibility index (Phi) is 4.04. The third-order valence-electron chi connectivity index (χ3n) is 3.53. The van der Waals surface area contributed by atoms with E-state index in [1.54, 1.807) is 6.07 Å². The van der Waals surface area contributed by atoms with Crippen LogP contribution in [0.2, 0.25) is 0 Å². The van der Waals surface area contributed by atoms with Crippen molar-refractivity contribution in [2.75, 3.05) is 5.32 Å². The molecule has 0 unspecified atom stereocenters. The van der Waals surface area contributed by atoms with Crippen molar-refractivity contribution in [2.45, 2.75) is 39.3 Å². The van der Waals surface area contributed by atoms with E-state index in [4.69, 9.17) is 0 Å². The van der Waals surface area contributed by atoms with E-state index >= 15 is 0 Å². The summed E-state index contributed by atoms with van der Waals surface area (Å²) < 4.78 is 0. The summed E-state index contributed by atoms with van der Waals surface area (Å²) in [4.78, 5) is 20.8. The molecule has 2 aromatic rings. The number of amides is 1. The number of hydrogen-bond acceptors (Lipinski definition) is 4. The summed E-state index contributed by atoms with van der Waals surface area (Å²) in [6.07, 6.45) is 2.13. The Morgan fingerprint density at radius 3 is 2.77 bits per heavy atom. The van der Waals surface area contributed by atoms with Crippen LogP contribution in [-0.4, -0.2) is 21.9 Å². The number of carbonyl (C=O) groups is 1. The van der Waals surface area contributed by atoms with Crippen molar-refractivity contribution in [3.8, 4) is 0 Å². The molecule has 1 fully saturated rings. The van der Waals surface area contributed by atoms with Crippen LogP contribution in [0.4, 0.5) is 5.95 Å². The van der Waals surface area contributed by atoms with E-state index in [1.807, 2.05) is 13.0 Å². The summed E-state index contributed by atoms with van der Waals surface area (Å²) in [7, 11) is 0. The van der Waals surface area contributed by atoms with Crippen LogP contribution in [-0.2, 0) is 6.54 Å². The molecule has 0 atom stereocenters. The summed E-state index contributed by atoms with van der Waals surface area (Å²) in [5, 5.41) is 6.14. The smallest absolute Gasteiger partial charge is 0.270 e. The van der Waals surface area contributed by atoms with Crippen LogP contribution < -0.4 is 10.6 Å². The molecule has 5 heteroatoms. The molecular formula is C17H20N4O. The molecule has 5 nitrogen and oxygen atoms in total. The lowest BCUT2D eigenvalue weighted by molar-refractivity contribution is 0.0946. The topological polar surface area (TPSA) is 66.9 Å². The minimum Gasteiger partial charge on any atom is -0.350 e. The van der Waals surface area contributed by atoms with Gasteiger partial charge in [-0.05, 0) is 38.3 Å². The van der Waals surface area contributed by atoms with E-state index < -0.39 is 0 Å². The molecule has 1 heterocycles. The standard InChI is InChI=1S/C17H20N4O/c1-11-4-3-5-13(8-11)10-18-17-19-12(2)9-15(21-17)16(22)20-14-6-7-14/h3-5,8-9,14H,6-7,10H2,1-2H3,(H,20,22)(H,18,19,21). The second-order valence-corrected chi connectivity index (χ2v) is 5.81. The van der Waals surface area contributed by atoms with E-state index in [0.717, 1.165) is 24.1 Å². The molecular weight excluding hydrogens is 276 g/mol. The van der Waals surface area contributed by atoms with Crippen molar-refractivity contribution in [3.63, 3.8) is 0 Å². The van der Waals surface area contributed by atoms with E-state index in [9.17, 15) is 4.79 Å². The Morgan fingerprint density at radius 2 is 2.05 bits per heavy atom. The number of aryl methyl sites for hydroxylation is 2. The molecule has 1 aromatic carbocycles. The monoisotopic (exact) mass is 296 g/mol. The summed E-state index contributed by atoms with van der Waals surface area (Å²) in [5.74, 6) is 0.369. The molecule has 0 aliphatic heterocycles. The zero-order valence-corrected chi connectivity index (χ0v) is 12.9. The number of rotatable bonds is 5. The maximum atomic E-state index is 12.1. The van der Waals surface area contributed by atoms with Gasteiger partial charge in [-0.15, -0.1) is 0 Å². The van der Waals surface area contributed by atoms with Crippen molar-refractivity contribution in [1.82, 2.24) is 15.3 Å². The molecule has 2 N–H and O–H groups in total. The van der Waals surface area contributed by atoms with E-state index in [0.29, 0.717) is 24.2 Å². The maximum Gasteiger partial charge on any atom is 0.270 e. The van der Waals surface area contributed by atoms with Gasteiger partial charge in [0.15, 0.2) is 0 Å². The molecule has 0 bridgehead atoms. The van der Waals surface area contributed by atoms with Crippen LogP contribution in [0.5, 0.6) is 0 Å². The Balaban J connectivity index is 1.70. The van der Waals surface area contributed by atoms with Crippen LogP contribution in [0, 0.1) is 13.8 Å². The van der Waals surface area contributed by atoms with Gasteiger partial charge in [-0.1, -0.05) is 29.8 Å². The van der Waals surface area contributed by atoms with Crippen LogP contribution in [0.15, 0.2) is 30.3 Å². The number of aromatic nitrogens is 2. The number of benzene rings is 1. The predicted octanol–water partition coefficient (Wildman–Crippen LogP) is 2.60. The third-order valence-corrected chi connectivity index (χ3v) is 3.53. The average Bonchev–Trinajstić information content (AvgIpc) is 3.28. The number of anilines is 1. The second-order valence-electron chi connectivity index (χ2n) is 5.81. The first kappa shape index (κ1) is 14.5. The number of carbonyl (C=O) groups excluding carboxylic acids is 1. The largest absolute Gasteiger partial charge is 0.350 e. The zero-order chi connectivity index (χ0) is 15.5. The Morgan fingerprint density at radius 1 is 1.23 bits per heavy atom. The minimum absolute atomic E-state index is 0.119. The highest BCUT2D eigenvalue weighted by Crippen LogP contribution is 2.19. The highest BCUT2D eigenvalue weighted by Gasteiger charge is 2.24. The van der Waals surface area contributed by atoms with Crippen molar-refractivity contribution in [1.29, 1.82) is 0 Å². The molecule has 1 saturated carbocycles. The minimum atomic E-state index is -0.119. The molecule has 0 saturated heterocycles. The van der Waals surface area contributed by atoms with Gasteiger partial charge in [-0.2, -0.15) is 0 Å². The molecule has 0 radical (unpaired) electrons. The van der Waals surface area contributed by atoms with E-state index in [1.165, 1.54) is 5.56 Å². The Bertz CT molecular complexity index is 695. The summed E-state index contributed by atoms with van der Waals surface area (Å²) in [6, 6.07) is 10.3. The zero-order valence-electron chi connectivity index (χ0n) is 12.9.